The van der Waals surface area contributed by atoms with Crippen LogP contribution in [0.1, 0.15) is 93.9 Å². The summed E-state index contributed by atoms with van der Waals surface area (Å²) in [4.78, 5) is 34.6. The van der Waals surface area contributed by atoms with Gasteiger partial charge in [-0.3, -0.25) is 14.7 Å². The molecule has 7 heteroatoms. The molecule has 178 valence electrons. The largest absolute Gasteiger partial charge is 0.339 e. The number of thiazole rings is 1. The Morgan fingerprint density at radius 1 is 1.09 bits per heavy atom. The van der Waals surface area contributed by atoms with Gasteiger partial charge in [0.15, 0.2) is 5.78 Å². The number of nitrogens with zero attached hydrogens (tertiary/aromatic N) is 3. The lowest BCUT2D eigenvalue weighted by atomic mass is 9.68. The fourth-order valence-electron chi connectivity index (χ4n) is 6.40. The van der Waals surface area contributed by atoms with Crippen molar-refractivity contribution in [2.75, 3.05) is 13.1 Å². The van der Waals surface area contributed by atoms with Gasteiger partial charge >= 0.3 is 0 Å². The molecule has 0 bridgehead atoms. The van der Waals surface area contributed by atoms with Gasteiger partial charge in [-0.1, -0.05) is 19.8 Å². The number of ketones is 1. The summed E-state index contributed by atoms with van der Waals surface area (Å²) in [5, 5.41) is 9.57. The number of benzene rings is 1. The van der Waals surface area contributed by atoms with E-state index in [9.17, 15) is 9.59 Å². The van der Waals surface area contributed by atoms with Crippen molar-refractivity contribution in [1.29, 1.82) is 0 Å². The molecule has 6 nitrogen and oxygen atoms in total. The molecule has 3 heterocycles. The van der Waals surface area contributed by atoms with E-state index in [0.29, 0.717) is 19.5 Å². The topological polar surface area (TPSA) is 79.0 Å². The molecule has 1 N–H and O–H groups in total. The summed E-state index contributed by atoms with van der Waals surface area (Å²) in [7, 11) is 0. The van der Waals surface area contributed by atoms with Crippen molar-refractivity contribution in [3.05, 3.63) is 44.5 Å². The van der Waals surface area contributed by atoms with Gasteiger partial charge in [0.1, 0.15) is 5.69 Å². The fourth-order valence-corrected chi connectivity index (χ4v) is 7.86. The number of carbonyl (C=O) groups excluding carboxylic acids is 2. The van der Waals surface area contributed by atoms with Crippen molar-refractivity contribution < 1.29 is 9.59 Å². The Kier molecular flexibility index (Phi) is 5.00. The van der Waals surface area contributed by atoms with Crippen LogP contribution in [0.5, 0.6) is 0 Å². The summed E-state index contributed by atoms with van der Waals surface area (Å²) in [6, 6.07) is 3.92. The Morgan fingerprint density at radius 2 is 1.82 bits per heavy atom. The van der Waals surface area contributed by atoms with Gasteiger partial charge in [-0.25, -0.2) is 4.98 Å². The summed E-state index contributed by atoms with van der Waals surface area (Å²) in [6.45, 7) is 7.71. The molecule has 0 atom stereocenters. The second kappa shape index (κ2) is 7.74. The zero-order valence-corrected chi connectivity index (χ0v) is 21.1. The molecule has 1 aromatic carbocycles. The van der Waals surface area contributed by atoms with Gasteiger partial charge in [-0.2, -0.15) is 5.10 Å². The Hall–Kier alpha value is -2.54. The van der Waals surface area contributed by atoms with Crippen molar-refractivity contribution in [3.8, 4) is 0 Å². The third-order valence-corrected chi connectivity index (χ3v) is 10.0. The van der Waals surface area contributed by atoms with Crippen LogP contribution in [-0.4, -0.2) is 44.9 Å². The van der Waals surface area contributed by atoms with Crippen molar-refractivity contribution in [1.82, 2.24) is 20.1 Å². The zero-order chi connectivity index (χ0) is 23.7. The number of aromatic nitrogens is 3. The Balaban J connectivity index is 1.20. The van der Waals surface area contributed by atoms with Crippen molar-refractivity contribution in [3.63, 3.8) is 0 Å². The highest BCUT2D eigenvalue weighted by molar-refractivity contribution is 7.12. The maximum atomic E-state index is 13.4. The summed E-state index contributed by atoms with van der Waals surface area (Å²) in [5.74, 6) is 0.291. The molecule has 1 saturated heterocycles. The Bertz CT molecular complexity index is 1310. The fraction of sp³-hybridized carbons (Fsp3) is 0.556. The van der Waals surface area contributed by atoms with Crippen LogP contribution < -0.4 is 0 Å². The summed E-state index contributed by atoms with van der Waals surface area (Å²) < 4.78 is 0. The quantitative estimate of drug-likeness (QED) is 0.528. The normalized spacial score (nSPS) is 21.4. The average molecular weight is 477 g/mol. The van der Waals surface area contributed by atoms with Crippen LogP contribution in [0.15, 0.2) is 12.1 Å². The molecule has 1 saturated carbocycles. The molecule has 1 amide bonds. The van der Waals surface area contributed by atoms with E-state index in [1.54, 1.807) is 11.3 Å². The molecule has 2 aromatic heterocycles. The van der Waals surface area contributed by atoms with Crippen LogP contribution in [-0.2, 0) is 11.8 Å². The van der Waals surface area contributed by atoms with E-state index >= 15 is 0 Å². The maximum absolute atomic E-state index is 13.4. The van der Waals surface area contributed by atoms with E-state index in [-0.39, 0.29) is 22.5 Å². The highest BCUT2D eigenvalue weighted by atomic mass is 32.1. The number of Topliss-reactive ketones (excluding diaryl/α,β-unsaturated/α-hetero) is 1. The number of carbonyl (C=O) groups is 2. The van der Waals surface area contributed by atoms with E-state index in [1.165, 1.54) is 35.6 Å². The first-order chi connectivity index (χ1) is 16.3. The molecule has 0 radical (unpaired) electrons. The van der Waals surface area contributed by atoms with Crippen molar-refractivity contribution >= 4 is 33.9 Å². The minimum absolute atomic E-state index is 0.0255. The number of hydrogen-bond donors (Lipinski definition) is 1. The number of fused-ring (bicyclic) bond motifs is 2. The number of aromatic amines is 1. The van der Waals surface area contributed by atoms with Gasteiger partial charge in [0.05, 0.1) is 10.5 Å². The van der Waals surface area contributed by atoms with E-state index in [2.05, 4.69) is 17.1 Å². The summed E-state index contributed by atoms with van der Waals surface area (Å²) in [5.41, 5.74) is 4.53. The number of rotatable bonds is 2. The molecule has 3 aliphatic rings. The van der Waals surface area contributed by atoms with Crippen LogP contribution >= 0.6 is 11.3 Å². The van der Waals surface area contributed by atoms with Crippen LogP contribution in [0.4, 0.5) is 0 Å². The van der Waals surface area contributed by atoms with Gasteiger partial charge in [0.25, 0.3) is 5.91 Å². The van der Waals surface area contributed by atoms with Gasteiger partial charge in [0.2, 0.25) is 0 Å². The standard InChI is InChI=1S/C27H32N4O2S/c1-16-12-18(13-19-17(2)29-30-22(16)19)24(33)31-10-8-27(9-11-31)14-20(32)23-21(15-27)34-25(28-23)26(3)6-4-5-7-26/h12-13H,4-11,14-15H2,1-3H3,(H,29,30). The Labute approximate surface area is 204 Å². The number of nitrogens with one attached hydrogen (secondary N) is 1. The smallest absolute Gasteiger partial charge is 0.253 e. The third kappa shape index (κ3) is 3.43. The first kappa shape index (κ1) is 22.0. The van der Waals surface area contributed by atoms with Gasteiger partial charge in [-0.15, -0.1) is 11.3 Å². The lowest BCUT2D eigenvalue weighted by Crippen LogP contribution is -2.46. The first-order valence-corrected chi connectivity index (χ1v) is 13.4. The molecule has 1 aliphatic heterocycles. The minimum atomic E-state index is -0.0255. The number of amides is 1. The maximum Gasteiger partial charge on any atom is 0.253 e. The average Bonchev–Trinajstić information content (AvgIpc) is 3.54. The minimum Gasteiger partial charge on any atom is -0.339 e. The van der Waals surface area contributed by atoms with Gasteiger partial charge in [0, 0.05) is 46.4 Å². The molecule has 2 aliphatic carbocycles. The second-order valence-corrected chi connectivity index (χ2v) is 12.2. The molecule has 34 heavy (non-hydrogen) atoms. The molecule has 6 rings (SSSR count). The van der Waals surface area contributed by atoms with Crippen LogP contribution in [0, 0.1) is 19.3 Å². The zero-order valence-electron chi connectivity index (χ0n) is 20.3. The Morgan fingerprint density at radius 3 is 2.56 bits per heavy atom. The molecule has 3 aromatic rings. The number of aryl methyl sites for hydroxylation is 2. The van der Waals surface area contributed by atoms with E-state index < -0.39 is 0 Å². The van der Waals surface area contributed by atoms with E-state index in [4.69, 9.17) is 4.98 Å². The predicted octanol–water partition coefficient (Wildman–Crippen LogP) is 5.52. The number of H-pyrrole nitrogens is 1. The second-order valence-electron chi connectivity index (χ2n) is 11.2. The van der Waals surface area contributed by atoms with Crippen molar-refractivity contribution in [2.24, 2.45) is 5.41 Å². The highest BCUT2D eigenvalue weighted by Gasteiger charge is 2.45. The number of hydrogen-bond acceptors (Lipinski definition) is 5. The number of likely N-dealkylation sites (tertiary alicyclic amines) is 1. The highest BCUT2D eigenvalue weighted by Crippen LogP contribution is 2.48. The van der Waals surface area contributed by atoms with Gasteiger partial charge < -0.3 is 4.90 Å². The summed E-state index contributed by atoms with van der Waals surface area (Å²) >= 11 is 1.79. The predicted molar refractivity (Wildman–Crippen MR) is 134 cm³/mol. The SMILES string of the molecule is Cc1[nH]nc2c(C)cc(C(=O)N3CCC4(CC3)CC(=O)c3nc(C5(C)CCCC5)sc3C4)cc12. The van der Waals surface area contributed by atoms with Crippen molar-refractivity contribution in [2.45, 2.75) is 77.6 Å². The van der Waals surface area contributed by atoms with E-state index in [1.807, 2.05) is 30.9 Å². The van der Waals surface area contributed by atoms with Crippen LogP contribution in [0.25, 0.3) is 10.9 Å². The third-order valence-electron chi connectivity index (χ3n) is 8.65. The molecule has 2 fully saturated rings. The van der Waals surface area contributed by atoms with Crippen LogP contribution in [0.3, 0.4) is 0 Å². The van der Waals surface area contributed by atoms with E-state index in [0.717, 1.165) is 52.7 Å². The molecular weight excluding hydrogens is 444 g/mol. The van der Waals surface area contributed by atoms with Crippen LogP contribution in [0.2, 0.25) is 0 Å². The molecular formula is C27H32N4O2S. The summed E-state index contributed by atoms with van der Waals surface area (Å²) in [6.07, 6.45) is 8.13. The first-order valence-electron chi connectivity index (χ1n) is 12.6. The molecule has 1 spiro atoms. The number of piperidine rings is 1. The monoisotopic (exact) mass is 476 g/mol. The van der Waals surface area contributed by atoms with Gasteiger partial charge in [-0.05, 0) is 69.1 Å². The molecule has 0 unspecified atom stereocenters. The lowest BCUT2D eigenvalue weighted by molar-refractivity contribution is 0.0522. The lowest BCUT2D eigenvalue weighted by Gasteiger charge is -2.43.